The van der Waals surface area contributed by atoms with Crippen LogP contribution in [0.25, 0.3) is 6.08 Å². The molecular formula is C17H20F3N. The molecule has 1 aromatic carbocycles. The van der Waals surface area contributed by atoms with Gasteiger partial charge < -0.3 is 0 Å². The molecule has 0 aliphatic carbocycles. The van der Waals surface area contributed by atoms with Crippen molar-refractivity contribution in [1.82, 2.24) is 4.90 Å². The third-order valence-electron chi connectivity index (χ3n) is 3.60. The summed E-state index contributed by atoms with van der Waals surface area (Å²) in [4.78, 5) is 2.40. The molecule has 1 aliphatic heterocycles. The van der Waals surface area contributed by atoms with Gasteiger partial charge in [0.05, 0.1) is 5.56 Å². The summed E-state index contributed by atoms with van der Waals surface area (Å²) in [6, 6.07) is 5.26. The van der Waals surface area contributed by atoms with Gasteiger partial charge in [0.2, 0.25) is 0 Å². The summed E-state index contributed by atoms with van der Waals surface area (Å²) in [5.74, 6) is 0. The van der Waals surface area contributed by atoms with Crippen LogP contribution in [0.2, 0.25) is 0 Å². The summed E-state index contributed by atoms with van der Waals surface area (Å²) in [6.45, 7) is 5.30. The maximum atomic E-state index is 12.5. The number of hydrogen-bond donors (Lipinski definition) is 0. The van der Waals surface area contributed by atoms with Crippen molar-refractivity contribution >= 4 is 6.08 Å². The largest absolute Gasteiger partial charge is 0.416 e. The average molecular weight is 295 g/mol. The van der Waals surface area contributed by atoms with Crippen LogP contribution in [0, 0.1) is 0 Å². The number of nitrogens with zero attached hydrogens (tertiary/aromatic N) is 1. The van der Waals surface area contributed by atoms with E-state index in [0.717, 1.165) is 50.2 Å². The Hall–Kier alpha value is -1.55. The number of allylic oxidation sites excluding steroid dienone is 1. The van der Waals surface area contributed by atoms with Crippen molar-refractivity contribution < 1.29 is 13.2 Å². The second kappa shape index (κ2) is 6.94. The average Bonchev–Trinajstić information content (AvgIpc) is 2.46. The molecule has 0 atom stereocenters. The van der Waals surface area contributed by atoms with Crippen LogP contribution in [0.5, 0.6) is 0 Å². The highest BCUT2D eigenvalue weighted by atomic mass is 19.4. The van der Waals surface area contributed by atoms with Crippen molar-refractivity contribution in [2.24, 2.45) is 0 Å². The van der Waals surface area contributed by atoms with Crippen LogP contribution >= 0.6 is 0 Å². The molecule has 0 aromatic heterocycles. The smallest absolute Gasteiger partial charge is 0.299 e. The third-order valence-corrected chi connectivity index (χ3v) is 3.60. The lowest BCUT2D eigenvalue weighted by Gasteiger charge is -2.24. The van der Waals surface area contributed by atoms with Crippen molar-refractivity contribution in [3.8, 4) is 0 Å². The molecule has 21 heavy (non-hydrogen) atoms. The Morgan fingerprint density at radius 1 is 1.14 bits per heavy atom. The fraction of sp³-hybridized carbons (Fsp3) is 0.412. The van der Waals surface area contributed by atoms with Crippen molar-refractivity contribution in [2.45, 2.75) is 25.9 Å². The van der Waals surface area contributed by atoms with Crippen molar-refractivity contribution in [3.63, 3.8) is 0 Å². The lowest BCUT2D eigenvalue weighted by molar-refractivity contribution is -0.137. The zero-order valence-electron chi connectivity index (χ0n) is 12.2. The first-order valence-corrected chi connectivity index (χ1v) is 7.26. The van der Waals surface area contributed by atoms with E-state index in [1.165, 1.54) is 17.7 Å². The zero-order chi connectivity index (χ0) is 15.3. The quantitative estimate of drug-likeness (QED) is 0.774. The van der Waals surface area contributed by atoms with Crippen LogP contribution < -0.4 is 0 Å². The second-order valence-corrected chi connectivity index (χ2v) is 5.28. The molecule has 0 amide bonds. The molecule has 1 aromatic rings. The number of benzene rings is 1. The molecule has 1 aliphatic rings. The Balaban J connectivity index is 1.96. The third kappa shape index (κ3) is 4.74. The summed E-state index contributed by atoms with van der Waals surface area (Å²) in [7, 11) is 0. The highest BCUT2D eigenvalue weighted by Gasteiger charge is 2.29. The molecule has 1 heterocycles. The predicted molar refractivity (Wildman–Crippen MR) is 79.9 cm³/mol. The fourth-order valence-corrected chi connectivity index (χ4v) is 2.38. The van der Waals surface area contributed by atoms with Gasteiger partial charge in [-0.2, -0.15) is 13.2 Å². The molecule has 4 heteroatoms. The lowest BCUT2D eigenvalue weighted by atomic mass is 10.1. The SMILES string of the molecule is CCCN1CC=C(/C=C/c2ccc(C(F)(F)F)cc2)CC1. The molecule has 0 spiro atoms. The summed E-state index contributed by atoms with van der Waals surface area (Å²) in [5, 5.41) is 0. The monoisotopic (exact) mass is 295 g/mol. The van der Waals surface area contributed by atoms with Gasteiger partial charge in [-0.1, -0.05) is 37.3 Å². The Kier molecular flexibility index (Phi) is 5.23. The number of alkyl halides is 3. The molecule has 0 saturated heterocycles. The first-order valence-electron chi connectivity index (χ1n) is 7.26. The van der Waals surface area contributed by atoms with E-state index in [2.05, 4.69) is 17.9 Å². The van der Waals surface area contributed by atoms with Crippen LogP contribution in [0.3, 0.4) is 0 Å². The fourth-order valence-electron chi connectivity index (χ4n) is 2.38. The minimum Gasteiger partial charge on any atom is -0.299 e. The highest BCUT2D eigenvalue weighted by Crippen LogP contribution is 2.29. The van der Waals surface area contributed by atoms with Crippen LogP contribution in [0.15, 0.2) is 42.0 Å². The summed E-state index contributed by atoms with van der Waals surface area (Å²) < 4.78 is 37.4. The first kappa shape index (κ1) is 15.8. The molecule has 1 nitrogen and oxygen atoms in total. The Bertz CT molecular complexity index is 512. The van der Waals surface area contributed by atoms with Gasteiger partial charge in [0.1, 0.15) is 0 Å². The van der Waals surface area contributed by atoms with Crippen molar-refractivity contribution in [3.05, 3.63) is 53.1 Å². The van der Waals surface area contributed by atoms with Gasteiger partial charge >= 0.3 is 6.18 Å². The van der Waals surface area contributed by atoms with Gasteiger partial charge in [-0.25, -0.2) is 0 Å². The minimum atomic E-state index is -4.27. The highest BCUT2D eigenvalue weighted by molar-refractivity contribution is 5.53. The van der Waals surface area contributed by atoms with E-state index in [4.69, 9.17) is 0 Å². The number of rotatable bonds is 4. The van der Waals surface area contributed by atoms with Crippen molar-refractivity contribution in [2.75, 3.05) is 19.6 Å². The van der Waals surface area contributed by atoms with Crippen LogP contribution in [0.1, 0.15) is 30.9 Å². The van der Waals surface area contributed by atoms with Gasteiger partial charge in [-0.3, -0.25) is 4.90 Å². The standard InChI is InChI=1S/C17H20F3N/c1-2-11-21-12-9-15(10-13-21)4-3-14-5-7-16(8-6-14)17(18,19)20/h3-9H,2,10-13H2,1H3/b4-3+. The molecule has 0 unspecified atom stereocenters. The van der Waals surface area contributed by atoms with Crippen molar-refractivity contribution in [1.29, 1.82) is 0 Å². The maximum absolute atomic E-state index is 12.5. The Morgan fingerprint density at radius 3 is 2.38 bits per heavy atom. The van der Waals surface area contributed by atoms with E-state index < -0.39 is 11.7 Å². The second-order valence-electron chi connectivity index (χ2n) is 5.28. The van der Waals surface area contributed by atoms with E-state index in [-0.39, 0.29) is 0 Å². The maximum Gasteiger partial charge on any atom is 0.416 e. The normalized spacial score (nSPS) is 17.2. The zero-order valence-corrected chi connectivity index (χ0v) is 12.2. The van der Waals surface area contributed by atoms with E-state index >= 15 is 0 Å². The predicted octanol–water partition coefficient (Wildman–Crippen LogP) is 4.76. The van der Waals surface area contributed by atoms with Crippen LogP contribution in [-0.2, 0) is 6.18 Å². The summed E-state index contributed by atoms with van der Waals surface area (Å²) >= 11 is 0. The summed E-state index contributed by atoms with van der Waals surface area (Å²) in [6.07, 6.45) is 3.96. The van der Waals surface area contributed by atoms with E-state index in [1.807, 2.05) is 12.2 Å². The van der Waals surface area contributed by atoms with Gasteiger partial charge in [0, 0.05) is 13.1 Å². The van der Waals surface area contributed by atoms with Crippen LogP contribution in [-0.4, -0.2) is 24.5 Å². The van der Waals surface area contributed by atoms with Gasteiger partial charge in [0.15, 0.2) is 0 Å². The van der Waals surface area contributed by atoms with E-state index in [0.29, 0.717) is 0 Å². The Morgan fingerprint density at radius 2 is 1.86 bits per heavy atom. The summed E-state index contributed by atoms with van der Waals surface area (Å²) in [5.41, 5.74) is 1.44. The van der Waals surface area contributed by atoms with E-state index in [9.17, 15) is 13.2 Å². The first-order chi connectivity index (χ1) is 9.99. The van der Waals surface area contributed by atoms with Crippen LogP contribution in [0.4, 0.5) is 13.2 Å². The molecule has 0 N–H and O–H groups in total. The molecule has 2 rings (SSSR count). The molecule has 0 radical (unpaired) electrons. The number of halogens is 3. The molecule has 0 saturated carbocycles. The topological polar surface area (TPSA) is 3.24 Å². The molecular weight excluding hydrogens is 275 g/mol. The molecule has 0 bridgehead atoms. The van der Waals surface area contributed by atoms with Gasteiger partial charge in [0.25, 0.3) is 0 Å². The van der Waals surface area contributed by atoms with Gasteiger partial charge in [-0.05, 0) is 42.7 Å². The number of hydrogen-bond acceptors (Lipinski definition) is 1. The molecule has 114 valence electrons. The van der Waals surface area contributed by atoms with Gasteiger partial charge in [-0.15, -0.1) is 0 Å². The molecule has 0 fully saturated rings. The Labute approximate surface area is 123 Å². The lowest BCUT2D eigenvalue weighted by Crippen LogP contribution is -2.29. The van der Waals surface area contributed by atoms with E-state index in [1.54, 1.807) is 0 Å². The minimum absolute atomic E-state index is 0.605.